The normalized spacial score (nSPS) is 19.7. The van der Waals surface area contributed by atoms with Gasteiger partial charge in [-0.2, -0.15) is 10.5 Å². The highest BCUT2D eigenvalue weighted by atomic mass is 16.5. The monoisotopic (exact) mass is 431 g/mol. The van der Waals surface area contributed by atoms with Crippen LogP contribution in [0.2, 0.25) is 0 Å². The molecule has 1 N–H and O–H groups in total. The number of likely N-dealkylation sites (tertiary alicyclic amines) is 2. The molecule has 2 saturated heterocycles. The molecule has 4 rings (SSSR count). The van der Waals surface area contributed by atoms with Crippen molar-refractivity contribution >= 4 is 11.7 Å². The molecule has 32 heavy (non-hydrogen) atoms. The van der Waals surface area contributed by atoms with Crippen molar-refractivity contribution in [2.75, 3.05) is 51.8 Å². The number of urea groups is 1. The van der Waals surface area contributed by atoms with Gasteiger partial charge in [0, 0.05) is 38.4 Å². The van der Waals surface area contributed by atoms with Crippen molar-refractivity contribution in [1.82, 2.24) is 9.80 Å². The van der Waals surface area contributed by atoms with Crippen molar-refractivity contribution in [3.05, 3.63) is 53.6 Å². The maximum Gasteiger partial charge on any atom is 0.321 e. The summed E-state index contributed by atoms with van der Waals surface area (Å²) in [5, 5.41) is 21.2. The van der Waals surface area contributed by atoms with E-state index in [4.69, 9.17) is 14.7 Å². The average Bonchev–Trinajstić information content (AvgIpc) is 3.39. The molecule has 0 aromatic heterocycles. The molecule has 0 saturated carbocycles. The van der Waals surface area contributed by atoms with Gasteiger partial charge < -0.3 is 19.7 Å². The number of ether oxygens (including phenoxy) is 2. The maximum absolute atomic E-state index is 12.6. The molecule has 2 fully saturated rings. The molecule has 2 aliphatic rings. The molecular formula is C24H25N5O3. The number of fused-ring (bicyclic) bond motifs is 1. The van der Waals surface area contributed by atoms with E-state index in [1.165, 1.54) is 0 Å². The first-order valence-corrected chi connectivity index (χ1v) is 10.6. The first-order valence-electron chi connectivity index (χ1n) is 10.6. The van der Waals surface area contributed by atoms with Crippen LogP contribution in [0.1, 0.15) is 11.1 Å². The Bertz CT molecular complexity index is 1040. The van der Waals surface area contributed by atoms with Gasteiger partial charge in [-0.3, -0.25) is 4.90 Å². The van der Waals surface area contributed by atoms with Crippen LogP contribution in [0.5, 0.6) is 11.5 Å². The summed E-state index contributed by atoms with van der Waals surface area (Å²) in [7, 11) is 1.61. The second-order valence-electron chi connectivity index (χ2n) is 8.13. The van der Waals surface area contributed by atoms with Crippen molar-refractivity contribution < 1.29 is 14.3 Å². The van der Waals surface area contributed by atoms with Crippen LogP contribution in [-0.2, 0) is 0 Å². The highest BCUT2D eigenvalue weighted by molar-refractivity contribution is 5.89. The first kappa shape index (κ1) is 21.5. The van der Waals surface area contributed by atoms with E-state index in [1.807, 2.05) is 35.2 Å². The van der Waals surface area contributed by atoms with Crippen LogP contribution in [0.3, 0.4) is 0 Å². The Labute approximate surface area is 187 Å². The zero-order chi connectivity index (χ0) is 22.5. The number of anilines is 1. The lowest BCUT2D eigenvalue weighted by atomic mass is 10.0. The maximum atomic E-state index is 12.6. The van der Waals surface area contributed by atoms with E-state index in [0.29, 0.717) is 35.3 Å². The Hall–Kier alpha value is -3.75. The standard InChI is InChI=1S/C24H25N5O3/c1-31-22-5-3-21(4-6-22)27-24(30)29-15-19-13-28(14-20(19)16-29)8-9-32-23-7-2-17(11-25)10-18(23)12-26/h2-7,10,19-20H,8-9,13-16H2,1H3,(H,27,30). The van der Waals surface area contributed by atoms with Crippen molar-refractivity contribution in [3.8, 4) is 23.6 Å². The molecule has 2 aromatic carbocycles. The van der Waals surface area contributed by atoms with Crippen LogP contribution in [-0.4, -0.2) is 62.3 Å². The topological polar surface area (TPSA) is 102 Å². The smallest absolute Gasteiger partial charge is 0.321 e. The molecule has 2 heterocycles. The van der Waals surface area contributed by atoms with Gasteiger partial charge in [0.2, 0.25) is 0 Å². The highest BCUT2D eigenvalue weighted by Gasteiger charge is 2.41. The number of benzene rings is 2. The summed E-state index contributed by atoms with van der Waals surface area (Å²) < 4.78 is 10.9. The number of hydrogen-bond acceptors (Lipinski definition) is 6. The third-order valence-electron chi connectivity index (χ3n) is 6.08. The minimum atomic E-state index is -0.0655. The molecule has 0 radical (unpaired) electrons. The van der Waals surface area contributed by atoms with E-state index in [2.05, 4.69) is 16.3 Å². The van der Waals surface area contributed by atoms with Gasteiger partial charge in [0.05, 0.1) is 24.3 Å². The summed E-state index contributed by atoms with van der Waals surface area (Å²) in [5.74, 6) is 2.18. The number of nitrogens with one attached hydrogen (secondary N) is 1. The Kier molecular flexibility index (Phi) is 6.44. The Balaban J connectivity index is 1.22. The van der Waals surface area contributed by atoms with E-state index in [-0.39, 0.29) is 6.03 Å². The fraction of sp³-hybridized carbons (Fsp3) is 0.375. The summed E-state index contributed by atoms with van der Waals surface area (Å²) in [4.78, 5) is 16.9. The SMILES string of the molecule is COc1ccc(NC(=O)N2CC3CN(CCOc4ccc(C#N)cc4C#N)CC3C2)cc1. The van der Waals surface area contributed by atoms with Crippen molar-refractivity contribution in [1.29, 1.82) is 10.5 Å². The van der Waals surface area contributed by atoms with Gasteiger partial charge in [0.1, 0.15) is 24.2 Å². The van der Waals surface area contributed by atoms with E-state index >= 15 is 0 Å². The molecule has 2 unspecified atom stereocenters. The van der Waals surface area contributed by atoms with E-state index in [0.717, 1.165) is 44.2 Å². The number of nitriles is 2. The summed E-state index contributed by atoms with van der Waals surface area (Å²) in [6.45, 7) is 4.59. The fourth-order valence-electron chi connectivity index (χ4n) is 4.41. The van der Waals surface area contributed by atoms with Gasteiger partial charge in [-0.05, 0) is 54.3 Å². The van der Waals surface area contributed by atoms with Gasteiger partial charge in [-0.25, -0.2) is 4.79 Å². The lowest BCUT2D eigenvalue weighted by Gasteiger charge is -2.22. The number of nitrogens with zero attached hydrogens (tertiary/aromatic N) is 4. The van der Waals surface area contributed by atoms with E-state index in [1.54, 1.807) is 25.3 Å². The average molecular weight is 431 g/mol. The molecule has 8 nitrogen and oxygen atoms in total. The van der Waals surface area contributed by atoms with Gasteiger partial charge in [-0.15, -0.1) is 0 Å². The molecule has 2 atom stereocenters. The number of carbonyl (C=O) groups excluding carboxylic acids is 1. The lowest BCUT2D eigenvalue weighted by Crippen LogP contribution is -2.36. The Morgan fingerprint density at radius 3 is 2.41 bits per heavy atom. The summed E-state index contributed by atoms with van der Waals surface area (Å²) in [6, 6.07) is 16.2. The number of methoxy groups -OCH3 is 1. The molecule has 8 heteroatoms. The Morgan fingerprint density at radius 1 is 1.06 bits per heavy atom. The second kappa shape index (κ2) is 9.59. The van der Waals surface area contributed by atoms with Crippen molar-refractivity contribution in [2.45, 2.75) is 0 Å². The summed E-state index contributed by atoms with van der Waals surface area (Å²) in [6.07, 6.45) is 0. The van der Waals surface area contributed by atoms with Crippen LogP contribution in [0.25, 0.3) is 0 Å². The van der Waals surface area contributed by atoms with Crippen LogP contribution in [0, 0.1) is 34.5 Å². The minimum Gasteiger partial charge on any atom is -0.497 e. The third kappa shape index (κ3) is 4.77. The van der Waals surface area contributed by atoms with Crippen LogP contribution in [0.15, 0.2) is 42.5 Å². The molecular weight excluding hydrogens is 406 g/mol. The van der Waals surface area contributed by atoms with Crippen LogP contribution < -0.4 is 14.8 Å². The number of hydrogen-bond donors (Lipinski definition) is 1. The lowest BCUT2D eigenvalue weighted by molar-refractivity contribution is 0.202. The van der Waals surface area contributed by atoms with Gasteiger partial charge in [0.15, 0.2) is 0 Å². The van der Waals surface area contributed by atoms with E-state index < -0.39 is 0 Å². The van der Waals surface area contributed by atoms with Crippen LogP contribution in [0.4, 0.5) is 10.5 Å². The number of carbonyl (C=O) groups is 1. The summed E-state index contributed by atoms with van der Waals surface area (Å²) in [5.41, 5.74) is 1.58. The van der Waals surface area contributed by atoms with Gasteiger partial charge in [0.25, 0.3) is 0 Å². The van der Waals surface area contributed by atoms with Crippen LogP contribution >= 0.6 is 0 Å². The van der Waals surface area contributed by atoms with Gasteiger partial charge in [-0.1, -0.05) is 0 Å². The van der Waals surface area contributed by atoms with Gasteiger partial charge >= 0.3 is 6.03 Å². The Morgan fingerprint density at radius 2 is 1.78 bits per heavy atom. The van der Waals surface area contributed by atoms with Crippen molar-refractivity contribution in [3.63, 3.8) is 0 Å². The predicted molar refractivity (Wildman–Crippen MR) is 118 cm³/mol. The molecule has 0 bridgehead atoms. The molecule has 0 spiro atoms. The first-order chi connectivity index (χ1) is 15.6. The number of amides is 2. The molecule has 2 aromatic rings. The largest absolute Gasteiger partial charge is 0.497 e. The van der Waals surface area contributed by atoms with E-state index in [9.17, 15) is 10.1 Å². The third-order valence-corrected chi connectivity index (χ3v) is 6.08. The second-order valence-corrected chi connectivity index (χ2v) is 8.13. The predicted octanol–water partition coefficient (Wildman–Crippen LogP) is 2.91. The highest BCUT2D eigenvalue weighted by Crippen LogP contribution is 2.31. The summed E-state index contributed by atoms with van der Waals surface area (Å²) >= 11 is 0. The fourth-order valence-corrected chi connectivity index (χ4v) is 4.41. The van der Waals surface area contributed by atoms with Crippen molar-refractivity contribution in [2.24, 2.45) is 11.8 Å². The molecule has 164 valence electrons. The zero-order valence-corrected chi connectivity index (χ0v) is 18.0. The zero-order valence-electron chi connectivity index (χ0n) is 18.0. The number of rotatable bonds is 6. The molecule has 2 aliphatic heterocycles. The molecule has 2 amide bonds. The quantitative estimate of drug-likeness (QED) is 0.755. The molecule has 0 aliphatic carbocycles. The minimum absolute atomic E-state index is 0.0655.